The lowest BCUT2D eigenvalue weighted by Gasteiger charge is -2.36. The lowest BCUT2D eigenvalue weighted by Crippen LogP contribution is -2.43. The van der Waals surface area contributed by atoms with Crippen LogP contribution in [-0.2, 0) is 9.59 Å². The third kappa shape index (κ3) is 2.48. The Morgan fingerprint density at radius 3 is 2.73 bits per heavy atom. The van der Waals surface area contributed by atoms with Crippen LogP contribution in [0.4, 0.5) is 5.69 Å². The fraction of sp³-hybridized carbons (Fsp3) is 0.500. The Labute approximate surface area is 139 Å². The van der Waals surface area contributed by atoms with Gasteiger partial charge in [0.2, 0.25) is 5.91 Å². The first-order valence-corrected chi connectivity index (χ1v) is 8.29. The number of imide groups is 1. The Kier molecular flexibility index (Phi) is 4.08. The molecule has 1 N–H and O–H groups in total. The summed E-state index contributed by atoms with van der Waals surface area (Å²) in [5.41, 5.74) is 2.84. The number of rotatable bonds is 2. The molecule has 0 radical (unpaired) electrons. The minimum Gasteiger partial charge on any atom is -0.287 e. The molecule has 0 bridgehead atoms. The maximum Gasteiger partial charge on any atom is 0.255 e. The number of nitrogens with one attached hydrogen (secondary N) is 1. The maximum absolute atomic E-state index is 12.9. The minimum atomic E-state index is -0.540. The highest BCUT2D eigenvalue weighted by atomic mass is 35.5. The van der Waals surface area contributed by atoms with Crippen LogP contribution in [0.25, 0.3) is 0 Å². The van der Waals surface area contributed by atoms with Crippen LogP contribution >= 0.6 is 23.2 Å². The van der Waals surface area contributed by atoms with Crippen LogP contribution in [0, 0.1) is 11.3 Å². The fourth-order valence-electron chi connectivity index (χ4n) is 3.57. The van der Waals surface area contributed by atoms with E-state index in [1.165, 1.54) is 0 Å². The third-order valence-corrected chi connectivity index (χ3v) is 5.51. The summed E-state index contributed by atoms with van der Waals surface area (Å²) in [4.78, 5) is 25.2. The quantitative estimate of drug-likeness (QED) is 0.817. The molecule has 2 aliphatic rings. The van der Waals surface area contributed by atoms with Crippen molar-refractivity contribution in [3.05, 3.63) is 28.2 Å². The van der Waals surface area contributed by atoms with Crippen molar-refractivity contribution in [3.63, 3.8) is 0 Å². The molecule has 0 aromatic heterocycles. The molecule has 1 aliphatic carbocycles. The molecule has 1 spiro atoms. The van der Waals surface area contributed by atoms with Crippen molar-refractivity contribution in [2.24, 2.45) is 11.3 Å². The van der Waals surface area contributed by atoms with E-state index in [1.54, 1.807) is 18.2 Å². The molecule has 2 unspecified atom stereocenters. The van der Waals surface area contributed by atoms with Crippen molar-refractivity contribution >= 4 is 40.7 Å². The highest BCUT2D eigenvalue weighted by Gasteiger charge is 2.55. The second-order valence-corrected chi connectivity index (χ2v) is 7.09. The van der Waals surface area contributed by atoms with Crippen molar-refractivity contribution in [2.45, 2.75) is 39.0 Å². The summed E-state index contributed by atoms with van der Waals surface area (Å²) < 4.78 is 0. The predicted molar refractivity (Wildman–Crippen MR) is 86.6 cm³/mol. The van der Waals surface area contributed by atoms with Crippen LogP contribution in [0.15, 0.2) is 18.2 Å². The van der Waals surface area contributed by atoms with E-state index >= 15 is 0 Å². The Morgan fingerprint density at radius 2 is 2.05 bits per heavy atom. The molecule has 3 rings (SSSR count). The minimum absolute atomic E-state index is 0.129. The largest absolute Gasteiger partial charge is 0.287 e. The van der Waals surface area contributed by atoms with Gasteiger partial charge < -0.3 is 0 Å². The molecule has 2 fully saturated rings. The first kappa shape index (κ1) is 15.6. The van der Waals surface area contributed by atoms with E-state index in [0.29, 0.717) is 15.7 Å². The van der Waals surface area contributed by atoms with Crippen LogP contribution < -0.4 is 5.43 Å². The van der Waals surface area contributed by atoms with E-state index in [-0.39, 0.29) is 24.2 Å². The standard InChI is InChI=1S/C16H18Cl2N2O2/c1-10-4-2-3-7-16(10)9-14(21)20(15(16)22)19-13-6-5-11(17)8-12(13)18/h5-6,8,10,19H,2-4,7,9H2,1H3. The van der Waals surface area contributed by atoms with Gasteiger partial charge in [0.15, 0.2) is 0 Å². The first-order valence-electron chi connectivity index (χ1n) is 7.53. The van der Waals surface area contributed by atoms with E-state index in [0.717, 1.165) is 30.7 Å². The van der Waals surface area contributed by atoms with Gasteiger partial charge >= 0.3 is 0 Å². The molecule has 1 aromatic carbocycles. The highest BCUT2D eigenvalue weighted by molar-refractivity contribution is 6.36. The molecule has 6 heteroatoms. The van der Waals surface area contributed by atoms with Crippen molar-refractivity contribution in [1.82, 2.24) is 5.01 Å². The number of hydrogen-bond donors (Lipinski definition) is 1. The van der Waals surface area contributed by atoms with Gasteiger partial charge in [-0.1, -0.05) is 43.0 Å². The number of nitrogens with zero attached hydrogens (tertiary/aromatic N) is 1. The average Bonchev–Trinajstić information content (AvgIpc) is 2.70. The van der Waals surface area contributed by atoms with Gasteiger partial charge in [-0.05, 0) is 37.0 Å². The molecule has 118 valence electrons. The van der Waals surface area contributed by atoms with Crippen LogP contribution in [-0.4, -0.2) is 16.8 Å². The fourth-order valence-corrected chi connectivity index (χ4v) is 4.02. The Morgan fingerprint density at radius 1 is 1.27 bits per heavy atom. The molecule has 22 heavy (non-hydrogen) atoms. The number of carbonyl (C=O) groups is 2. The Balaban J connectivity index is 1.86. The number of carbonyl (C=O) groups excluding carboxylic acids is 2. The summed E-state index contributed by atoms with van der Waals surface area (Å²) in [6, 6.07) is 4.91. The molecule has 1 aliphatic heterocycles. The zero-order valence-corrected chi connectivity index (χ0v) is 13.9. The maximum atomic E-state index is 12.9. The summed E-state index contributed by atoms with van der Waals surface area (Å²) in [6.07, 6.45) is 4.19. The second-order valence-electron chi connectivity index (χ2n) is 6.25. The molecule has 1 saturated heterocycles. The van der Waals surface area contributed by atoms with Crippen molar-refractivity contribution in [1.29, 1.82) is 0 Å². The van der Waals surface area contributed by atoms with E-state index in [9.17, 15) is 9.59 Å². The van der Waals surface area contributed by atoms with Gasteiger partial charge in [-0.25, -0.2) is 0 Å². The van der Waals surface area contributed by atoms with Crippen molar-refractivity contribution in [3.8, 4) is 0 Å². The zero-order chi connectivity index (χ0) is 15.9. The van der Waals surface area contributed by atoms with Crippen molar-refractivity contribution < 1.29 is 9.59 Å². The predicted octanol–water partition coefficient (Wildman–Crippen LogP) is 4.28. The summed E-state index contributed by atoms with van der Waals surface area (Å²) in [5, 5.41) is 2.02. The molecule has 1 aromatic rings. The number of benzene rings is 1. The summed E-state index contributed by atoms with van der Waals surface area (Å²) in [5.74, 6) is -0.0920. The normalized spacial score (nSPS) is 28.5. The SMILES string of the molecule is CC1CCCCC12CC(=O)N(Nc1ccc(Cl)cc1Cl)C2=O. The third-order valence-electron chi connectivity index (χ3n) is 4.96. The van der Waals surface area contributed by atoms with Crippen LogP contribution in [0.3, 0.4) is 0 Å². The monoisotopic (exact) mass is 340 g/mol. The first-order chi connectivity index (χ1) is 10.4. The van der Waals surface area contributed by atoms with Crippen LogP contribution in [0.5, 0.6) is 0 Å². The van der Waals surface area contributed by atoms with Crippen LogP contribution in [0.1, 0.15) is 39.0 Å². The number of amides is 2. The number of anilines is 1. The summed E-state index contributed by atoms with van der Waals surface area (Å²) in [6.45, 7) is 2.07. The second kappa shape index (κ2) is 5.74. The highest BCUT2D eigenvalue weighted by Crippen LogP contribution is 2.49. The van der Waals surface area contributed by atoms with E-state index in [2.05, 4.69) is 12.3 Å². The topological polar surface area (TPSA) is 49.4 Å². The Hall–Kier alpha value is -1.26. The van der Waals surface area contributed by atoms with Crippen molar-refractivity contribution in [2.75, 3.05) is 5.43 Å². The zero-order valence-electron chi connectivity index (χ0n) is 12.4. The van der Waals surface area contributed by atoms with Gasteiger partial charge in [0, 0.05) is 11.4 Å². The number of hydrogen-bond acceptors (Lipinski definition) is 3. The van der Waals surface area contributed by atoms with Gasteiger partial charge in [-0.2, -0.15) is 5.01 Å². The lowest BCUT2D eigenvalue weighted by atomic mass is 9.66. The lowest BCUT2D eigenvalue weighted by molar-refractivity contribution is -0.142. The molecule has 4 nitrogen and oxygen atoms in total. The summed E-state index contributed by atoms with van der Waals surface area (Å²) >= 11 is 12.0. The van der Waals surface area contributed by atoms with Crippen LogP contribution in [0.2, 0.25) is 10.0 Å². The molecule has 2 amide bonds. The molecule has 1 saturated carbocycles. The smallest absolute Gasteiger partial charge is 0.255 e. The Bertz CT molecular complexity index is 635. The van der Waals surface area contributed by atoms with Gasteiger partial charge in [-0.15, -0.1) is 0 Å². The van der Waals surface area contributed by atoms with Gasteiger partial charge in [0.25, 0.3) is 5.91 Å². The van der Waals surface area contributed by atoms with Gasteiger partial charge in [0.1, 0.15) is 0 Å². The number of hydrazine groups is 1. The molecule has 1 heterocycles. The van der Waals surface area contributed by atoms with Gasteiger partial charge in [-0.3, -0.25) is 15.0 Å². The molecule has 2 atom stereocenters. The number of halogens is 2. The van der Waals surface area contributed by atoms with E-state index < -0.39 is 5.41 Å². The molecular weight excluding hydrogens is 323 g/mol. The van der Waals surface area contributed by atoms with E-state index in [1.807, 2.05) is 0 Å². The molecular formula is C16H18Cl2N2O2. The summed E-state index contributed by atoms with van der Waals surface area (Å²) in [7, 11) is 0. The average molecular weight is 341 g/mol. The van der Waals surface area contributed by atoms with Gasteiger partial charge in [0.05, 0.1) is 16.1 Å². The van der Waals surface area contributed by atoms with E-state index in [4.69, 9.17) is 23.2 Å².